The summed E-state index contributed by atoms with van der Waals surface area (Å²) in [7, 11) is -3.67. The molecule has 0 saturated carbocycles. The van der Waals surface area contributed by atoms with Crippen LogP contribution in [-0.4, -0.2) is 32.5 Å². The molecule has 1 aliphatic rings. The molecule has 8 heteroatoms. The van der Waals surface area contributed by atoms with Crippen LogP contribution in [0.3, 0.4) is 0 Å². The van der Waals surface area contributed by atoms with E-state index in [9.17, 15) is 8.42 Å². The Morgan fingerprint density at radius 1 is 1.58 bits per heavy atom. The van der Waals surface area contributed by atoms with Gasteiger partial charge in [-0.1, -0.05) is 0 Å². The van der Waals surface area contributed by atoms with E-state index in [0.29, 0.717) is 6.54 Å². The smallest absolute Gasteiger partial charge is 0.243 e. The number of hydrogen-bond acceptors (Lipinski definition) is 5. The van der Waals surface area contributed by atoms with E-state index in [1.807, 2.05) is 0 Å². The molecule has 1 fully saturated rings. The largest absolute Gasteiger partial charge is 0.313 e. The van der Waals surface area contributed by atoms with Crippen molar-refractivity contribution in [3.63, 3.8) is 0 Å². The Morgan fingerprint density at radius 2 is 2.37 bits per heavy atom. The molecule has 1 aromatic rings. The summed E-state index contributed by atoms with van der Waals surface area (Å²) in [4.78, 5) is 3.68. The molecule has 2 rings (SSSR count). The Bertz CT molecular complexity index is 564. The minimum Gasteiger partial charge on any atom is -0.313 e. The third kappa shape index (κ3) is 3.88. The molecule has 1 atom stereocenters. The Labute approximate surface area is 118 Å². The second kappa shape index (κ2) is 6.82. The summed E-state index contributed by atoms with van der Waals surface area (Å²) in [6.07, 6.45) is 3.42. The fourth-order valence-corrected chi connectivity index (χ4v) is 3.10. The molecular weight excluding hydrogens is 288 g/mol. The predicted octanol–water partition coefficient (Wildman–Crippen LogP) is 0.405. The number of rotatable bonds is 4. The minimum atomic E-state index is -3.67. The van der Waals surface area contributed by atoms with E-state index < -0.39 is 10.0 Å². The van der Waals surface area contributed by atoms with Gasteiger partial charge in [-0.15, -0.1) is 12.4 Å². The molecule has 19 heavy (non-hydrogen) atoms. The number of hydrogen-bond donors (Lipinski definition) is 2. The first kappa shape index (κ1) is 15.9. The van der Waals surface area contributed by atoms with Gasteiger partial charge in [-0.3, -0.25) is 0 Å². The van der Waals surface area contributed by atoms with Crippen molar-refractivity contribution in [2.75, 3.05) is 13.1 Å². The van der Waals surface area contributed by atoms with Gasteiger partial charge in [-0.05, 0) is 31.5 Å². The van der Waals surface area contributed by atoms with Crippen LogP contribution in [0.25, 0.3) is 0 Å². The highest BCUT2D eigenvalue weighted by Gasteiger charge is 2.21. The number of aromatic nitrogens is 1. The van der Waals surface area contributed by atoms with Crippen LogP contribution in [0, 0.1) is 11.3 Å². The van der Waals surface area contributed by atoms with E-state index in [0.717, 1.165) is 19.4 Å². The van der Waals surface area contributed by atoms with Gasteiger partial charge in [0, 0.05) is 18.8 Å². The second-order valence-corrected chi connectivity index (χ2v) is 5.84. The molecule has 0 aliphatic carbocycles. The lowest BCUT2D eigenvalue weighted by atomic mass is 10.2. The lowest BCUT2D eigenvalue weighted by Crippen LogP contribution is -2.37. The van der Waals surface area contributed by atoms with Gasteiger partial charge in [0.25, 0.3) is 0 Å². The third-order valence-corrected chi connectivity index (χ3v) is 4.30. The van der Waals surface area contributed by atoms with Gasteiger partial charge in [-0.25, -0.2) is 18.1 Å². The summed E-state index contributed by atoms with van der Waals surface area (Å²) < 4.78 is 26.6. The molecule has 2 N–H and O–H groups in total. The summed E-state index contributed by atoms with van der Waals surface area (Å²) in [6.45, 7) is 1.25. The highest BCUT2D eigenvalue weighted by Crippen LogP contribution is 2.12. The molecule has 1 unspecified atom stereocenters. The standard InChI is InChI=1S/C11H14N4O2S.ClH/c12-7-10-11(4-2-6-14-10)18(16,17)15-8-9-3-1-5-13-9;/h2,4,6,9,13,15H,1,3,5,8H2;1H. The Hall–Kier alpha value is -1.20. The number of pyridine rings is 1. The Balaban J connectivity index is 0.00000180. The molecule has 0 amide bonds. The van der Waals surface area contributed by atoms with Crippen LogP contribution in [0.1, 0.15) is 18.5 Å². The minimum absolute atomic E-state index is 0. The lowest BCUT2D eigenvalue weighted by Gasteiger charge is -2.12. The van der Waals surface area contributed by atoms with Crippen LogP contribution in [0.5, 0.6) is 0 Å². The van der Waals surface area contributed by atoms with Gasteiger partial charge < -0.3 is 5.32 Å². The van der Waals surface area contributed by atoms with E-state index in [-0.39, 0.29) is 29.0 Å². The zero-order valence-corrected chi connectivity index (χ0v) is 11.8. The van der Waals surface area contributed by atoms with E-state index in [4.69, 9.17) is 5.26 Å². The van der Waals surface area contributed by atoms with E-state index in [1.165, 1.54) is 18.3 Å². The van der Waals surface area contributed by atoms with Crippen LogP contribution in [-0.2, 0) is 10.0 Å². The summed E-state index contributed by atoms with van der Waals surface area (Å²) >= 11 is 0. The molecule has 0 bridgehead atoms. The zero-order valence-electron chi connectivity index (χ0n) is 10.2. The van der Waals surface area contributed by atoms with E-state index in [1.54, 1.807) is 6.07 Å². The van der Waals surface area contributed by atoms with Crippen LogP contribution in [0.2, 0.25) is 0 Å². The Morgan fingerprint density at radius 3 is 3.00 bits per heavy atom. The summed E-state index contributed by atoms with van der Waals surface area (Å²) in [5, 5.41) is 12.0. The molecular formula is C11H15ClN4O2S. The van der Waals surface area contributed by atoms with Gasteiger partial charge in [0.05, 0.1) is 0 Å². The monoisotopic (exact) mass is 302 g/mol. The van der Waals surface area contributed by atoms with Crippen molar-refractivity contribution in [1.29, 1.82) is 5.26 Å². The summed E-state index contributed by atoms with van der Waals surface area (Å²) in [5.74, 6) is 0. The highest BCUT2D eigenvalue weighted by atomic mass is 35.5. The van der Waals surface area contributed by atoms with Crippen molar-refractivity contribution >= 4 is 22.4 Å². The number of nitrogens with one attached hydrogen (secondary N) is 2. The molecule has 104 valence electrons. The molecule has 1 aliphatic heterocycles. The van der Waals surface area contributed by atoms with Crippen LogP contribution in [0.4, 0.5) is 0 Å². The normalized spacial score (nSPS) is 18.6. The molecule has 0 radical (unpaired) electrons. The van der Waals surface area contributed by atoms with Gasteiger partial charge >= 0.3 is 0 Å². The van der Waals surface area contributed by atoms with Crippen molar-refractivity contribution in [2.45, 2.75) is 23.8 Å². The first-order valence-electron chi connectivity index (χ1n) is 5.71. The number of sulfonamides is 1. The third-order valence-electron chi connectivity index (χ3n) is 2.85. The molecule has 1 saturated heterocycles. The van der Waals surface area contributed by atoms with Crippen molar-refractivity contribution in [1.82, 2.24) is 15.0 Å². The SMILES string of the molecule is Cl.N#Cc1ncccc1S(=O)(=O)NCC1CCCN1. The lowest BCUT2D eigenvalue weighted by molar-refractivity contribution is 0.551. The van der Waals surface area contributed by atoms with Crippen molar-refractivity contribution in [3.8, 4) is 6.07 Å². The quantitative estimate of drug-likeness (QED) is 0.840. The molecule has 2 heterocycles. The first-order chi connectivity index (χ1) is 8.63. The highest BCUT2D eigenvalue weighted by molar-refractivity contribution is 7.89. The maximum atomic E-state index is 12.0. The van der Waals surface area contributed by atoms with Crippen LogP contribution in [0.15, 0.2) is 23.2 Å². The fourth-order valence-electron chi connectivity index (χ4n) is 1.91. The fraction of sp³-hybridized carbons (Fsp3) is 0.455. The average molecular weight is 303 g/mol. The van der Waals surface area contributed by atoms with Crippen molar-refractivity contribution < 1.29 is 8.42 Å². The van der Waals surface area contributed by atoms with E-state index in [2.05, 4.69) is 15.0 Å². The molecule has 0 spiro atoms. The van der Waals surface area contributed by atoms with E-state index >= 15 is 0 Å². The Kier molecular flexibility index (Phi) is 5.69. The number of nitrogens with zero attached hydrogens (tertiary/aromatic N) is 2. The number of nitriles is 1. The van der Waals surface area contributed by atoms with Crippen LogP contribution >= 0.6 is 12.4 Å². The maximum Gasteiger partial charge on any atom is 0.243 e. The zero-order chi connectivity index (χ0) is 13.0. The van der Waals surface area contributed by atoms with Gasteiger partial charge in [0.1, 0.15) is 11.0 Å². The summed E-state index contributed by atoms with van der Waals surface area (Å²) in [6, 6.07) is 4.84. The molecule has 1 aromatic heterocycles. The summed E-state index contributed by atoms with van der Waals surface area (Å²) in [5.41, 5.74) is -0.0793. The second-order valence-electron chi connectivity index (χ2n) is 4.11. The molecule has 6 nitrogen and oxygen atoms in total. The van der Waals surface area contributed by atoms with Gasteiger partial charge in [0.15, 0.2) is 5.69 Å². The predicted molar refractivity (Wildman–Crippen MR) is 72.4 cm³/mol. The van der Waals surface area contributed by atoms with Crippen LogP contribution < -0.4 is 10.0 Å². The molecule has 0 aromatic carbocycles. The topological polar surface area (TPSA) is 94.9 Å². The average Bonchev–Trinajstić information content (AvgIpc) is 2.89. The van der Waals surface area contributed by atoms with Crippen molar-refractivity contribution in [3.05, 3.63) is 24.0 Å². The van der Waals surface area contributed by atoms with Gasteiger partial charge in [0.2, 0.25) is 10.0 Å². The van der Waals surface area contributed by atoms with Gasteiger partial charge in [-0.2, -0.15) is 5.26 Å². The van der Waals surface area contributed by atoms with Crippen molar-refractivity contribution in [2.24, 2.45) is 0 Å². The maximum absolute atomic E-state index is 12.0. The first-order valence-corrected chi connectivity index (χ1v) is 7.20. The number of halogens is 1.